The molecule has 1 heterocycles. The van der Waals surface area contributed by atoms with Crippen molar-refractivity contribution < 1.29 is 9.13 Å². The van der Waals surface area contributed by atoms with E-state index in [0.29, 0.717) is 16.8 Å². The predicted octanol–water partition coefficient (Wildman–Crippen LogP) is 2.88. The molecule has 0 aliphatic rings. The first-order chi connectivity index (χ1) is 8.26. The Morgan fingerprint density at radius 1 is 1.29 bits per heavy atom. The maximum atomic E-state index is 13.9. The number of nitrogens with zero attached hydrogens (tertiary/aromatic N) is 1. The smallest absolute Gasteiger partial charge is 0.174 e. The van der Waals surface area contributed by atoms with Crippen molar-refractivity contribution in [3.63, 3.8) is 0 Å². The van der Waals surface area contributed by atoms with Crippen LogP contribution < -0.4 is 4.74 Å². The van der Waals surface area contributed by atoms with Gasteiger partial charge in [-0.2, -0.15) is 0 Å². The highest BCUT2D eigenvalue weighted by molar-refractivity contribution is 5.62. The van der Waals surface area contributed by atoms with Crippen LogP contribution in [0.5, 0.6) is 5.75 Å². The molecule has 0 atom stereocenters. The first-order valence-electron chi connectivity index (χ1n) is 5.02. The van der Waals surface area contributed by atoms with Crippen LogP contribution >= 0.6 is 0 Å². The van der Waals surface area contributed by atoms with E-state index in [1.807, 2.05) is 0 Å². The van der Waals surface area contributed by atoms with E-state index in [9.17, 15) is 4.39 Å². The number of aromatic nitrogens is 1. The molecular weight excluding hydrogens is 217 g/mol. The fraction of sp³-hybridized carbons (Fsp3) is 0.0714. The molecule has 0 saturated heterocycles. The maximum Gasteiger partial charge on any atom is 0.174 e. The summed E-state index contributed by atoms with van der Waals surface area (Å²) in [4.78, 5) is 4.12. The molecular formula is C14H10FNO. The molecule has 0 aliphatic heterocycles. The summed E-state index contributed by atoms with van der Waals surface area (Å²) in [7, 11) is 1.43. The van der Waals surface area contributed by atoms with Gasteiger partial charge in [0.05, 0.1) is 12.8 Å². The average molecular weight is 227 g/mol. The molecule has 84 valence electrons. The Bertz CT molecular complexity index is 570. The quantitative estimate of drug-likeness (QED) is 0.736. The number of methoxy groups -OCH3 is 1. The van der Waals surface area contributed by atoms with Gasteiger partial charge in [-0.1, -0.05) is 12.0 Å². The Labute approximate surface area is 99.1 Å². The van der Waals surface area contributed by atoms with Crippen molar-refractivity contribution in [2.24, 2.45) is 0 Å². The highest BCUT2D eigenvalue weighted by Gasteiger charge is 2.10. The van der Waals surface area contributed by atoms with Gasteiger partial charge in [-0.25, -0.2) is 4.39 Å². The lowest BCUT2D eigenvalue weighted by Crippen LogP contribution is -1.93. The van der Waals surface area contributed by atoms with Gasteiger partial charge in [0.25, 0.3) is 0 Å². The lowest BCUT2D eigenvalue weighted by atomic mass is 10.1. The molecule has 3 heteroatoms. The fourth-order valence-electron chi connectivity index (χ4n) is 1.50. The molecule has 0 amide bonds. The fourth-order valence-corrected chi connectivity index (χ4v) is 1.50. The van der Waals surface area contributed by atoms with Gasteiger partial charge in [-0.15, -0.1) is 6.42 Å². The highest BCUT2D eigenvalue weighted by atomic mass is 19.1. The predicted molar refractivity (Wildman–Crippen MR) is 64.1 cm³/mol. The minimum atomic E-state index is -0.420. The normalized spacial score (nSPS) is 9.71. The third-order valence-corrected chi connectivity index (χ3v) is 2.39. The second kappa shape index (κ2) is 4.67. The minimum absolute atomic E-state index is 0.199. The number of terminal acetylenes is 1. The molecule has 0 unspecified atom stereocenters. The second-order valence-electron chi connectivity index (χ2n) is 3.40. The summed E-state index contributed by atoms with van der Waals surface area (Å²) in [6, 6.07) is 8.34. The number of rotatable bonds is 2. The van der Waals surface area contributed by atoms with E-state index in [4.69, 9.17) is 11.2 Å². The van der Waals surface area contributed by atoms with Crippen LogP contribution in [0.3, 0.4) is 0 Å². The maximum absolute atomic E-state index is 13.9. The summed E-state index contributed by atoms with van der Waals surface area (Å²) < 4.78 is 18.9. The van der Waals surface area contributed by atoms with Crippen molar-refractivity contribution in [2.75, 3.05) is 7.11 Å². The third-order valence-electron chi connectivity index (χ3n) is 2.39. The van der Waals surface area contributed by atoms with Crippen LogP contribution in [0.15, 0.2) is 36.5 Å². The van der Waals surface area contributed by atoms with E-state index in [0.717, 1.165) is 0 Å². The van der Waals surface area contributed by atoms with Crippen LogP contribution in [0.1, 0.15) is 5.56 Å². The molecule has 2 aromatic rings. The zero-order valence-corrected chi connectivity index (χ0v) is 9.27. The lowest BCUT2D eigenvalue weighted by Gasteiger charge is -2.06. The molecule has 1 aromatic carbocycles. The topological polar surface area (TPSA) is 22.1 Å². The summed E-state index contributed by atoms with van der Waals surface area (Å²) in [5, 5.41) is 0. The van der Waals surface area contributed by atoms with Gasteiger partial charge in [0.15, 0.2) is 11.6 Å². The Morgan fingerprint density at radius 2 is 2.12 bits per heavy atom. The van der Waals surface area contributed by atoms with Crippen LogP contribution in [-0.4, -0.2) is 12.1 Å². The molecule has 17 heavy (non-hydrogen) atoms. The van der Waals surface area contributed by atoms with E-state index in [-0.39, 0.29) is 5.75 Å². The van der Waals surface area contributed by atoms with Crippen molar-refractivity contribution in [3.8, 4) is 29.4 Å². The first-order valence-corrected chi connectivity index (χ1v) is 5.02. The van der Waals surface area contributed by atoms with E-state index in [1.54, 1.807) is 30.3 Å². The monoisotopic (exact) mass is 227 g/mol. The molecule has 1 aromatic heterocycles. The molecule has 0 spiro atoms. The van der Waals surface area contributed by atoms with Gasteiger partial charge in [0.1, 0.15) is 0 Å². The number of ether oxygens (including phenoxy) is 1. The van der Waals surface area contributed by atoms with Crippen LogP contribution in [0.25, 0.3) is 11.3 Å². The van der Waals surface area contributed by atoms with E-state index in [2.05, 4.69) is 10.9 Å². The highest BCUT2D eigenvalue weighted by Crippen LogP contribution is 2.27. The average Bonchev–Trinajstić information content (AvgIpc) is 2.39. The van der Waals surface area contributed by atoms with Gasteiger partial charge < -0.3 is 4.74 Å². The van der Waals surface area contributed by atoms with E-state index < -0.39 is 5.82 Å². The number of pyridine rings is 1. The van der Waals surface area contributed by atoms with Crippen LogP contribution in [-0.2, 0) is 0 Å². The lowest BCUT2D eigenvalue weighted by molar-refractivity contribution is 0.387. The minimum Gasteiger partial charge on any atom is -0.494 e. The molecule has 2 rings (SSSR count). The second-order valence-corrected chi connectivity index (χ2v) is 3.40. The van der Waals surface area contributed by atoms with Crippen molar-refractivity contribution in [3.05, 3.63) is 47.9 Å². The Kier molecular flexibility index (Phi) is 3.06. The Morgan fingerprint density at radius 3 is 2.71 bits per heavy atom. The van der Waals surface area contributed by atoms with Crippen molar-refractivity contribution in [2.45, 2.75) is 0 Å². The first kappa shape index (κ1) is 11.2. The molecule has 0 bridgehead atoms. The molecule has 0 saturated carbocycles. The van der Waals surface area contributed by atoms with Crippen LogP contribution in [0, 0.1) is 18.2 Å². The van der Waals surface area contributed by atoms with E-state index >= 15 is 0 Å². The van der Waals surface area contributed by atoms with Crippen molar-refractivity contribution in [1.82, 2.24) is 4.98 Å². The number of hydrogen-bond acceptors (Lipinski definition) is 2. The molecule has 0 aliphatic carbocycles. The van der Waals surface area contributed by atoms with Gasteiger partial charge in [-0.05, 0) is 24.3 Å². The van der Waals surface area contributed by atoms with Crippen molar-refractivity contribution >= 4 is 0 Å². The van der Waals surface area contributed by atoms with Gasteiger partial charge >= 0.3 is 0 Å². The molecule has 0 fully saturated rings. The number of hydrogen-bond donors (Lipinski definition) is 0. The van der Waals surface area contributed by atoms with Gasteiger partial charge in [-0.3, -0.25) is 4.98 Å². The van der Waals surface area contributed by atoms with E-state index in [1.165, 1.54) is 13.3 Å². The van der Waals surface area contributed by atoms with Gasteiger partial charge in [0.2, 0.25) is 0 Å². The third kappa shape index (κ3) is 2.11. The van der Waals surface area contributed by atoms with Crippen LogP contribution in [0.4, 0.5) is 4.39 Å². The zero-order valence-electron chi connectivity index (χ0n) is 9.27. The van der Waals surface area contributed by atoms with Crippen molar-refractivity contribution in [1.29, 1.82) is 0 Å². The standard InChI is InChI=1S/C14H10FNO/c1-3-10-7-8-12(16-9-10)11-5-4-6-13(17-2)14(11)15/h1,4-9H,2H3. The Hall–Kier alpha value is -2.34. The summed E-state index contributed by atoms with van der Waals surface area (Å²) in [6.45, 7) is 0. The number of benzene rings is 1. The SMILES string of the molecule is C#Cc1ccc(-c2cccc(OC)c2F)nc1. The number of halogens is 1. The Balaban J connectivity index is 2.49. The summed E-state index contributed by atoms with van der Waals surface area (Å²) in [5.74, 6) is 2.24. The zero-order chi connectivity index (χ0) is 12.3. The summed E-state index contributed by atoms with van der Waals surface area (Å²) >= 11 is 0. The molecule has 0 radical (unpaired) electrons. The van der Waals surface area contributed by atoms with Crippen LogP contribution in [0.2, 0.25) is 0 Å². The largest absolute Gasteiger partial charge is 0.494 e. The molecule has 0 N–H and O–H groups in total. The summed E-state index contributed by atoms with van der Waals surface area (Å²) in [5.41, 5.74) is 1.59. The summed E-state index contributed by atoms with van der Waals surface area (Å²) in [6.07, 6.45) is 6.77. The molecule has 2 nitrogen and oxygen atoms in total. The van der Waals surface area contributed by atoms with Gasteiger partial charge in [0, 0.05) is 17.3 Å².